The molecule has 2 N–H and O–H groups in total. The lowest BCUT2D eigenvalue weighted by Gasteiger charge is -1.94. The highest BCUT2D eigenvalue weighted by Crippen LogP contribution is 2.03. The number of ether oxygens (including phenoxy) is 1. The Hall–Kier alpha value is -0.780. The number of oxazole rings is 1. The van der Waals surface area contributed by atoms with E-state index in [1.807, 2.05) is 0 Å². The number of hydrogen-bond donors (Lipinski definition) is 1. The van der Waals surface area contributed by atoms with Crippen LogP contribution in [0.25, 0.3) is 0 Å². The Bertz CT molecular complexity index is 291. The Kier molecular flexibility index (Phi) is 9.46. The molecule has 1 aromatic rings. The maximum atomic E-state index is 11.1. The Morgan fingerprint density at radius 1 is 1.60 bits per heavy atom. The second-order valence-electron chi connectivity index (χ2n) is 2.39. The molecule has 88 valence electrons. The molecule has 0 aliphatic heterocycles. The maximum absolute atomic E-state index is 11.1. The highest BCUT2D eigenvalue weighted by Gasteiger charge is 2.11. The molecule has 0 amide bonds. The standard InChI is InChI=1S/C8H12N2O3.2ClH/c1-2-12-8(11)6-5-13-7(10-6)3-4-9;;/h5H,2-4,9H2,1H3;2*1H. The van der Waals surface area contributed by atoms with E-state index in [-0.39, 0.29) is 30.5 Å². The third-order valence-corrected chi connectivity index (χ3v) is 1.39. The summed E-state index contributed by atoms with van der Waals surface area (Å²) in [6.07, 6.45) is 1.81. The summed E-state index contributed by atoms with van der Waals surface area (Å²) in [5, 5.41) is 0. The van der Waals surface area contributed by atoms with E-state index in [1.54, 1.807) is 6.92 Å². The number of esters is 1. The van der Waals surface area contributed by atoms with Crippen LogP contribution in [-0.2, 0) is 11.2 Å². The number of rotatable bonds is 4. The minimum atomic E-state index is -0.463. The number of nitrogens with zero attached hydrogens (tertiary/aromatic N) is 1. The van der Waals surface area contributed by atoms with Gasteiger partial charge < -0.3 is 14.9 Å². The van der Waals surface area contributed by atoms with E-state index in [2.05, 4.69) is 4.98 Å². The van der Waals surface area contributed by atoms with Crippen LogP contribution in [-0.4, -0.2) is 24.1 Å². The summed E-state index contributed by atoms with van der Waals surface area (Å²) in [6, 6.07) is 0. The molecule has 5 nitrogen and oxygen atoms in total. The Balaban J connectivity index is 0. The summed E-state index contributed by atoms with van der Waals surface area (Å²) in [5.74, 6) is 0.0000690. The number of carbonyl (C=O) groups is 1. The molecule has 0 unspecified atom stereocenters. The molecule has 0 aromatic carbocycles. The molecular formula is C8H14Cl2N2O3. The van der Waals surface area contributed by atoms with Crippen molar-refractivity contribution in [2.45, 2.75) is 13.3 Å². The minimum absolute atomic E-state index is 0. The molecule has 1 aromatic heterocycles. The third-order valence-electron chi connectivity index (χ3n) is 1.39. The molecule has 0 spiro atoms. The maximum Gasteiger partial charge on any atom is 0.360 e. The van der Waals surface area contributed by atoms with Gasteiger partial charge in [-0.15, -0.1) is 24.8 Å². The number of carbonyl (C=O) groups excluding carboxylic acids is 1. The molecular weight excluding hydrogens is 243 g/mol. The fourth-order valence-electron chi connectivity index (χ4n) is 0.848. The van der Waals surface area contributed by atoms with Gasteiger partial charge in [-0.05, 0) is 6.92 Å². The van der Waals surface area contributed by atoms with Crippen molar-refractivity contribution in [3.63, 3.8) is 0 Å². The van der Waals surface area contributed by atoms with Gasteiger partial charge in [0.25, 0.3) is 0 Å². The van der Waals surface area contributed by atoms with Crippen LogP contribution in [0.4, 0.5) is 0 Å². The van der Waals surface area contributed by atoms with Crippen LogP contribution >= 0.6 is 24.8 Å². The van der Waals surface area contributed by atoms with Crippen molar-refractivity contribution in [3.05, 3.63) is 17.8 Å². The average Bonchev–Trinajstić information content (AvgIpc) is 2.54. The lowest BCUT2D eigenvalue weighted by Crippen LogP contribution is -2.06. The van der Waals surface area contributed by atoms with Crippen molar-refractivity contribution in [1.29, 1.82) is 0 Å². The topological polar surface area (TPSA) is 78.3 Å². The summed E-state index contributed by atoms with van der Waals surface area (Å²) in [6.45, 7) is 2.51. The lowest BCUT2D eigenvalue weighted by molar-refractivity contribution is 0.0519. The van der Waals surface area contributed by atoms with Crippen LogP contribution < -0.4 is 5.73 Å². The molecule has 0 radical (unpaired) electrons. The quantitative estimate of drug-likeness (QED) is 0.820. The van der Waals surface area contributed by atoms with Crippen molar-refractivity contribution in [1.82, 2.24) is 4.98 Å². The summed E-state index contributed by atoms with van der Waals surface area (Å²) < 4.78 is 9.71. The summed E-state index contributed by atoms with van der Waals surface area (Å²) in [4.78, 5) is 15.0. The Morgan fingerprint density at radius 3 is 2.80 bits per heavy atom. The van der Waals surface area contributed by atoms with Gasteiger partial charge in [-0.1, -0.05) is 0 Å². The first-order valence-corrected chi connectivity index (χ1v) is 4.09. The summed E-state index contributed by atoms with van der Waals surface area (Å²) in [7, 11) is 0. The molecule has 1 rings (SSSR count). The van der Waals surface area contributed by atoms with Crippen molar-refractivity contribution in [3.8, 4) is 0 Å². The molecule has 0 aliphatic carbocycles. The van der Waals surface area contributed by atoms with Gasteiger partial charge in [0.1, 0.15) is 6.26 Å². The zero-order valence-corrected chi connectivity index (χ0v) is 9.90. The lowest BCUT2D eigenvalue weighted by atomic mass is 10.4. The van der Waals surface area contributed by atoms with Gasteiger partial charge >= 0.3 is 5.97 Å². The molecule has 0 atom stereocenters. The van der Waals surface area contributed by atoms with Crippen LogP contribution in [0.15, 0.2) is 10.7 Å². The van der Waals surface area contributed by atoms with E-state index in [1.165, 1.54) is 6.26 Å². The Labute approximate surface area is 100 Å². The van der Waals surface area contributed by atoms with E-state index >= 15 is 0 Å². The van der Waals surface area contributed by atoms with Gasteiger partial charge in [0.05, 0.1) is 6.61 Å². The molecule has 7 heteroatoms. The minimum Gasteiger partial charge on any atom is -0.461 e. The number of aromatic nitrogens is 1. The second kappa shape index (κ2) is 8.52. The molecule has 0 saturated carbocycles. The highest BCUT2D eigenvalue weighted by atomic mass is 35.5. The SMILES string of the molecule is CCOC(=O)c1coc(CCN)n1.Cl.Cl. The van der Waals surface area contributed by atoms with E-state index in [0.717, 1.165) is 0 Å². The van der Waals surface area contributed by atoms with Crippen molar-refractivity contribution in [2.75, 3.05) is 13.2 Å². The monoisotopic (exact) mass is 256 g/mol. The molecule has 1 heterocycles. The van der Waals surface area contributed by atoms with Crippen LogP contribution in [0.3, 0.4) is 0 Å². The molecule has 0 aliphatic rings. The highest BCUT2D eigenvalue weighted by molar-refractivity contribution is 5.86. The van der Waals surface area contributed by atoms with Crippen LogP contribution in [0.1, 0.15) is 23.3 Å². The van der Waals surface area contributed by atoms with Crippen LogP contribution in [0, 0.1) is 0 Å². The number of nitrogens with two attached hydrogens (primary N) is 1. The van der Waals surface area contributed by atoms with Gasteiger partial charge in [0.15, 0.2) is 11.6 Å². The average molecular weight is 257 g/mol. The van der Waals surface area contributed by atoms with Crippen LogP contribution in [0.5, 0.6) is 0 Å². The largest absolute Gasteiger partial charge is 0.461 e. The van der Waals surface area contributed by atoms with Gasteiger partial charge in [-0.25, -0.2) is 9.78 Å². The molecule has 0 fully saturated rings. The smallest absolute Gasteiger partial charge is 0.360 e. The third kappa shape index (κ3) is 5.01. The fraction of sp³-hybridized carbons (Fsp3) is 0.500. The number of hydrogen-bond acceptors (Lipinski definition) is 5. The first kappa shape index (κ1) is 16.6. The Morgan fingerprint density at radius 2 is 2.27 bits per heavy atom. The first-order chi connectivity index (χ1) is 6.27. The molecule has 0 bridgehead atoms. The van der Waals surface area contributed by atoms with Crippen molar-refractivity contribution >= 4 is 30.8 Å². The normalized spacial score (nSPS) is 8.67. The second-order valence-corrected chi connectivity index (χ2v) is 2.39. The van der Waals surface area contributed by atoms with Gasteiger partial charge in [-0.3, -0.25) is 0 Å². The molecule has 0 saturated heterocycles. The zero-order chi connectivity index (χ0) is 9.68. The summed E-state index contributed by atoms with van der Waals surface area (Å²) >= 11 is 0. The zero-order valence-electron chi connectivity index (χ0n) is 8.26. The van der Waals surface area contributed by atoms with Crippen LogP contribution in [0.2, 0.25) is 0 Å². The fourth-order valence-corrected chi connectivity index (χ4v) is 0.848. The van der Waals surface area contributed by atoms with Crippen molar-refractivity contribution < 1.29 is 13.9 Å². The van der Waals surface area contributed by atoms with E-state index in [4.69, 9.17) is 14.9 Å². The van der Waals surface area contributed by atoms with Gasteiger partial charge in [0, 0.05) is 13.0 Å². The van der Waals surface area contributed by atoms with Crippen molar-refractivity contribution in [2.24, 2.45) is 5.73 Å². The van der Waals surface area contributed by atoms with E-state index in [9.17, 15) is 4.79 Å². The van der Waals surface area contributed by atoms with E-state index in [0.29, 0.717) is 25.5 Å². The van der Waals surface area contributed by atoms with E-state index < -0.39 is 5.97 Å². The first-order valence-electron chi connectivity index (χ1n) is 4.09. The van der Waals surface area contributed by atoms with Gasteiger partial charge in [0.2, 0.25) is 0 Å². The van der Waals surface area contributed by atoms with Gasteiger partial charge in [-0.2, -0.15) is 0 Å². The molecule has 15 heavy (non-hydrogen) atoms. The number of halogens is 2. The summed E-state index contributed by atoms with van der Waals surface area (Å²) in [5.41, 5.74) is 5.49. The predicted octanol–water partition coefficient (Wildman–Crippen LogP) is 1.20. The predicted molar refractivity (Wildman–Crippen MR) is 59.7 cm³/mol.